The maximum Gasteiger partial charge on any atom is 0.228 e. The molecule has 104 valence electrons. The second-order valence-electron chi connectivity index (χ2n) is 4.88. The average Bonchev–Trinajstić information content (AvgIpc) is 3.02. The van der Waals surface area contributed by atoms with Gasteiger partial charge in [-0.2, -0.15) is 4.98 Å². The van der Waals surface area contributed by atoms with Gasteiger partial charge in [0.1, 0.15) is 0 Å². The number of nitrogens with zero attached hydrogens (tertiary/aromatic N) is 2. The van der Waals surface area contributed by atoms with E-state index in [0.717, 1.165) is 12.0 Å². The molecule has 1 aliphatic heterocycles. The highest BCUT2D eigenvalue weighted by atomic mass is 35.5. The van der Waals surface area contributed by atoms with Gasteiger partial charge in [0.05, 0.1) is 0 Å². The van der Waals surface area contributed by atoms with Crippen molar-refractivity contribution in [2.24, 2.45) is 0 Å². The molecule has 0 aliphatic carbocycles. The predicted molar refractivity (Wildman–Crippen MR) is 73.4 cm³/mol. The minimum absolute atomic E-state index is 0.0887. The van der Waals surface area contributed by atoms with Crippen LogP contribution >= 0.6 is 11.6 Å². The molecule has 1 unspecified atom stereocenters. The summed E-state index contributed by atoms with van der Waals surface area (Å²) in [5.74, 6) is 1.25. The van der Waals surface area contributed by atoms with Crippen molar-refractivity contribution < 1.29 is 9.32 Å². The van der Waals surface area contributed by atoms with Crippen molar-refractivity contribution in [3.05, 3.63) is 46.6 Å². The summed E-state index contributed by atoms with van der Waals surface area (Å²) < 4.78 is 5.22. The van der Waals surface area contributed by atoms with E-state index in [2.05, 4.69) is 15.5 Å². The fraction of sp³-hybridized carbons (Fsp3) is 0.357. The van der Waals surface area contributed by atoms with Gasteiger partial charge in [-0.05, 0) is 18.1 Å². The van der Waals surface area contributed by atoms with Crippen molar-refractivity contribution in [2.75, 3.05) is 0 Å². The Morgan fingerprint density at radius 2 is 2.25 bits per heavy atom. The van der Waals surface area contributed by atoms with Gasteiger partial charge in [-0.15, -0.1) is 0 Å². The maximum absolute atomic E-state index is 11.1. The second-order valence-corrected chi connectivity index (χ2v) is 5.29. The number of amides is 1. The minimum Gasteiger partial charge on any atom is -0.353 e. The van der Waals surface area contributed by atoms with Gasteiger partial charge < -0.3 is 9.84 Å². The molecule has 6 heteroatoms. The summed E-state index contributed by atoms with van der Waals surface area (Å²) in [6, 6.07) is 7.70. The smallest absolute Gasteiger partial charge is 0.228 e. The molecule has 20 heavy (non-hydrogen) atoms. The molecule has 2 aromatic rings. The van der Waals surface area contributed by atoms with Gasteiger partial charge in [0.25, 0.3) is 0 Å². The summed E-state index contributed by atoms with van der Waals surface area (Å²) in [6.45, 7) is 0. The molecule has 0 radical (unpaired) electrons. The quantitative estimate of drug-likeness (QED) is 0.937. The maximum atomic E-state index is 11.1. The first-order valence-electron chi connectivity index (χ1n) is 6.55. The van der Waals surface area contributed by atoms with Crippen molar-refractivity contribution in [1.29, 1.82) is 0 Å². The van der Waals surface area contributed by atoms with Crippen molar-refractivity contribution in [2.45, 2.75) is 31.7 Å². The Morgan fingerprint density at radius 1 is 1.40 bits per heavy atom. The molecular weight excluding hydrogens is 278 g/mol. The molecular formula is C14H14ClN3O2. The largest absolute Gasteiger partial charge is 0.353 e. The molecule has 1 aromatic heterocycles. The van der Waals surface area contributed by atoms with Crippen LogP contribution in [0.5, 0.6) is 0 Å². The van der Waals surface area contributed by atoms with E-state index in [1.165, 1.54) is 0 Å². The highest BCUT2D eigenvalue weighted by Gasteiger charge is 2.23. The van der Waals surface area contributed by atoms with Gasteiger partial charge >= 0.3 is 0 Å². The first kappa shape index (κ1) is 13.1. The molecule has 0 spiro atoms. The van der Waals surface area contributed by atoms with E-state index in [1.807, 2.05) is 24.3 Å². The van der Waals surface area contributed by atoms with Crippen LogP contribution in [0.25, 0.3) is 0 Å². The van der Waals surface area contributed by atoms with Crippen molar-refractivity contribution in [3.63, 3.8) is 0 Å². The van der Waals surface area contributed by atoms with Gasteiger partial charge in [0.2, 0.25) is 11.8 Å². The number of carbonyl (C=O) groups excluding carboxylic acids is 1. The Morgan fingerprint density at radius 3 is 3.00 bits per heavy atom. The van der Waals surface area contributed by atoms with Gasteiger partial charge in [0.15, 0.2) is 5.82 Å². The van der Waals surface area contributed by atoms with Crippen LogP contribution in [-0.4, -0.2) is 22.1 Å². The average molecular weight is 292 g/mol. The first-order chi connectivity index (χ1) is 9.70. The predicted octanol–water partition coefficient (Wildman–Crippen LogP) is 2.13. The lowest BCUT2D eigenvalue weighted by Crippen LogP contribution is -2.27. The molecule has 1 fully saturated rings. The highest BCUT2D eigenvalue weighted by molar-refractivity contribution is 6.31. The van der Waals surface area contributed by atoms with Crippen molar-refractivity contribution >= 4 is 17.5 Å². The Hall–Kier alpha value is -1.88. The molecule has 1 aliphatic rings. The van der Waals surface area contributed by atoms with E-state index in [1.54, 1.807) is 0 Å². The van der Waals surface area contributed by atoms with E-state index >= 15 is 0 Å². The third-order valence-electron chi connectivity index (χ3n) is 3.32. The fourth-order valence-electron chi connectivity index (χ4n) is 2.30. The van der Waals surface area contributed by atoms with Crippen LogP contribution in [0.15, 0.2) is 28.8 Å². The topological polar surface area (TPSA) is 68.0 Å². The number of nitrogens with one attached hydrogen (secondary N) is 1. The van der Waals surface area contributed by atoms with Gasteiger partial charge in [0, 0.05) is 30.3 Å². The fourth-order valence-corrected chi connectivity index (χ4v) is 2.50. The number of hydrogen-bond donors (Lipinski definition) is 1. The van der Waals surface area contributed by atoms with Crippen LogP contribution in [0.3, 0.4) is 0 Å². The molecule has 2 heterocycles. The number of hydrogen-bond acceptors (Lipinski definition) is 4. The number of halogens is 1. The Bertz CT molecular complexity index is 626. The molecule has 1 atom stereocenters. The standard InChI is InChI=1S/C14H14ClN3O2/c15-11-4-2-1-3-9(11)7-12-17-14(20-18-12)8-10-5-6-13(19)16-10/h1-4,10H,5-8H2,(H,16,19). The van der Waals surface area contributed by atoms with Crippen LogP contribution in [0.2, 0.25) is 5.02 Å². The van der Waals surface area contributed by atoms with Crippen LogP contribution in [0.4, 0.5) is 0 Å². The molecule has 1 aromatic carbocycles. The molecule has 0 saturated carbocycles. The van der Waals surface area contributed by atoms with E-state index in [9.17, 15) is 4.79 Å². The van der Waals surface area contributed by atoms with Gasteiger partial charge in [-0.25, -0.2) is 0 Å². The first-order valence-corrected chi connectivity index (χ1v) is 6.93. The monoisotopic (exact) mass is 291 g/mol. The Labute approximate surface area is 121 Å². The van der Waals surface area contributed by atoms with E-state index in [-0.39, 0.29) is 11.9 Å². The summed E-state index contributed by atoms with van der Waals surface area (Å²) in [7, 11) is 0. The van der Waals surface area contributed by atoms with Crippen LogP contribution < -0.4 is 5.32 Å². The summed E-state index contributed by atoms with van der Waals surface area (Å²) in [4.78, 5) is 15.5. The van der Waals surface area contributed by atoms with Crippen LogP contribution in [0.1, 0.15) is 30.1 Å². The lowest BCUT2D eigenvalue weighted by atomic mass is 10.1. The number of aromatic nitrogens is 2. The zero-order chi connectivity index (χ0) is 13.9. The molecule has 1 N–H and O–H groups in total. The van der Waals surface area contributed by atoms with E-state index in [0.29, 0.717) is 36.0 Å². The summed E-state index contributed by atoms with van der Waals surface area (Å²) in [5.41, 5.74) is 0.968. The normalized spacial score (nSPS) is 18.2. The van der Waals surface area contributed by atoms with E-state index < -0.39 is 0 Å². The van der Waals surface area contributed by atoms with Crippen molar-refractivity contribution in [1.82, 2.24) is 15.5 Å². The summed E-state index contributed by atoms with van der Waals surface area (Å²) in [6.07, 6.45) is 2.52. The zero-order valence-corrected chi connectivity index (χ0v) is 11.6. The Balaban J connectivity index is 1.65. The summed E-state index contributed by atoms with van der Waals surface area (Å²) in [5, 5.41) is 7.54. The van der Waals surface area contributed by atoms with Crippen molar-refractivity contribution in [3.8, 4) is 0 Å². The minimum atomic E-state index is 0.0887. The molecule has 0 bridgehead atoms. The highest BCUT2D eigenvalue weighted by Crippen LogP contribution is 2.18. The lowest BCUT2D eigenvalue weighted by molar-refractivity contribution is -0.119. The number of benzene rings is 1. The summed E-state index contributed by atoms with van der Waals surface area (Å²) >= 11 is 6.10. The molecule has 5 nitrogen and oxygen atoms in total. The third-order valence-corrected chi connectivity index (χ3v) is 3.69. The molecule has 1 amide bonds. The number of rotatable bonds is 4. The van der Waals surface area contributed by atoms with E-state index in [4.69, 9.17) is 16.1 Å². The molecule has 1 saturated heterocycles. The third kappa shape index (κ3) is 2.99. The Kier molecular flexibility index (Phi) is 3.69. The second kappa shape index (κ2) is 5.63. The van der Waals surface area contributed by atoms with Crippen LogP contribution in [-0.2, 0) is 17.6 Å². The molecule has 3 rings (SSSR count). The SMILES string of the molecule is O=C1CCC(Cc2nc(Cc3ccccc3Cl)no2)N1. The van der Waals surface area contributed by atoms with Crippen LogP contribution in [0, 0.1) is 0 Å². The number of carbonyl (C=O) groups is 1. The van der Waals surface area contributed by atoms with Gasteiger partial charge in [-0.3, -0.25) is 4.79 Å². The lowest BCUT2D eigenvalue weighted by Gasteiger charge is -2.04. The zero-order valence-electron chi connectivity index (χ0n) is 10.8. The van der Waals surface area contributed by atoms with Gasteiger partial charge in [-0.1, -0.05) is 35.0 Å².